The molecule has 0 bridgehead atoms. The van der Waals surface area contributed by atoms with E-state index in [0.29, 0.717) is 12.3 Å². The van der Waals surface area contributed by atoms with E-state index in [0.717, 1.165) is 21.4 Å². The van der Waals surface area contributed by atoms with Crippen LogP contribution in [-0.2, 0) is 0 Å². The van der Waals surface area contributed by atoms with E-state index in [2.05, 4.69) is 11.8 Å². The van der Waals surface area contributed by atoms with Crippen LogP contribution < -0.4 is 0 Å². The highest BCUT2D eigenvalue weighted by Crippen LogP contribution is 2.25. The molecule has 16 heavy (non-hydrogen) atoms. The Hall–Kier alpha value is -1.16. The average molecular weight is 249 g/mol. The van der Waals surface area contributed by atoms with E-state index < -0.39 is 0 Å². The summed E-state index contributed by atoms with van der Waals surface area (Å²) in [7, 11) is 0. The van der Waals surface area contributed by atoms with Crippen molar-refractivity contribution in [3.05, 3.63) is 47.0 Å². The van der Waals surface area contributed by atoms with Crippen molar-refractivity contribution < 1.29 is 0 Å². The SMILES string of the molecule is ClCCC#Cc1ccc(Cl)c2ccccc12. The van der Waals surface area contributed by atoms with Crippen LogP contribution in [0.4, 0.5) is 0 Å². The molecule has 80 valence electrons. The molecule has 2 heteroatoms. The number of halogens is 2. The Balaban J connectivity index is 2.56. The quantitative estimate of drug-likeness (QED) is 0.516. The summed E-state index contributed by atoms with van der Waals surface area (Å²) in [5.74, 6) is 6.73. The predicted molar refractivity (Wildman–Crippen MR) is 71.2 cm³/mol. The van der Waals surface area contributed by atoms with Crippen molar-refractivity contribution in [3.8, 4) is 11.8 Å². The summed E-state index contributed by atoms with van der Waals surface area (Å²) in [5, 5.41) is 2.90. The summed E-state index contributed by atoms with van der Waals surface area (Å²) in [6.07, 6.45) is 0.707. The van der Waals surface area contributed by atoms with Crippen LogP contribution in [0.25, 0.3) is 10.8 Å². The zero-order chi connectivity index (χ0) is 11.4. The first-order valence-electron chi connectivity index (χ1n) is 5.05. The van der Waals surface area contributed by atoms with E-state index in [9.17, 15) is 0 Å². The van der Waals surface area contributed by atoms with Crippen LogP contribution in [0.15, 0.2) is 36.4 Å². The molecule has 0 amide bonds. The highest BCUT2D eigenvalue weighted by molar-refractivity contribution is 6.35. The standard InChI is InChI=1S/C14H10Cl2/c15-10-4-3-5-11-8-9-14(16)13-7-2-1-6-12(11)13/h1-2,6-9H,4,10H2. The largest absolute Gasteiger partial charge is 0.126 e. The third-order valence-electron chi connectivity index (χ3n) is 2.31. The van der Waals surface area contributed by atoms with E-state index in [-0.39, 0.29) is 0 Å². The molecule has 2 rings (SSSR count). The van der Waals surface area contributed by atoms with E-state index in [4.69, 9.17) is 23.2 Å². The van der Waals surface area contributed by atoms with Crippen LogP contribution >= 0.6 is 23.2 Å². The number of benzene rings is 2. The molecule has 2 aromatic carbocycles. The van der Waals surface area contributed by atoms with Gasteiger partial charge in [0, 0.05) is 28.3 Å². The second-order valence-electron chi connectivity index (χ2n) is 3.38. The van der Waals surface area contributed by atoms with Gasteiger partial charge in [-0.15, -0.1) is 11.6 Å². The Morgan fingerprint density at radius 1 is 1.00 bits per heavy atom. The number of fused-ring (bicyclic) bond motifs is 1. The molecule has 0 aliphatic rings. The lowest BCUT2D eigenvalue weighted by atomic mass is 10.0. The molecule has 0 heterocycles. The first-order valence-corrected chi connectivity index (χ1v) is 5.96. The molecule has 0 saturated carbocycles. The maximum absolute atomic E-state index is 6.12. The van der Waals surface area contributed by atoms with Gasteiger partial charge in [-0.2, -0.15) is 0 Å². The van der Waals surface area contributed by atoms with Gasteiger partial charge < -0.3 is 0 Å². The van der Waals surface area contributed by atoms with Gasteiger partial charge in [-0.1, -0.05) is 47.7 Å². The number of rotatable bonds is 1. The Kier molecular flexibility index (Phi) is 3.72. The Morgan fingerprint density at radius 2 is 1.75 bits per heavy atom. The first-order chi connectivity index (χ1) is 7.83. The molecule has 0 spiro atoms. The van der Waals surface area contributed by atoms with Gasteiger partial charge in [-0.3, -0.25) is 0 Å². The molecule has 0 unspecified atom stereocenters. The minimum Gasteiger partial charge on any atom is -0.126 e. The van der Waals surface area contributed by atoms with Gasteiger partial charge in [-0.25, -0.2) is 0 Å². The summed E-state index contributed by atoms with van der Waals surface area (Å²) in [6.45, 7) is 0. The zero-order valence-electron chi connectivity index (χ0n) is 8.63. The maximum atomic E-state index is 6.12. The summed E-state index contributed by atoms with van der Waals surface area (Å²) >= 11 is 11.7. The topological polar surface area (TPSA) is 0 Å². The molecule has 2 aromatic rings. The number of hydrogen-bond donors (Lipinski definition) is 0. The average Bonchev–Trinajstić information content (AvgIpc) is 2.33. The fourth-order valence-corrected chi connectivity index (χ4v) is 1.90. The van der Waals surface area contributed by atoms with Gasteiger partial charge in [-0.05, 0) is 17.5 Å². The van der Waals surface area contributed by atoms with Crippen LogP contribution in [-0.4, -0.2) is 5.88 Å². The molecular weight excluding hydrogens is 239 g/mol. The third kappa shape index (κ3) is 2.32. The lowest BCUT2D eigenvalue weighted by molar-refractivity contribution is 1.29. The Morgan fingerprint density at radius 3 is 2.50 bits per heavy atom. The molecule has 0 aromatic heterocycles. The fourth-order valence-electron chi connectivity index (χ4n) is 1.58. The third-order valence-corrected chi connectivity index (χ3v) is 2.83. The van der Waals surface area contributed by atoms with Crippen molar-refractivity contribution >= 4 is 34.0 Å². The molecule has 0 N–H and O–H groups in total. The highest BCUT2D eigenvalue weighted by Gasteiger charge is 2.01. The number of hydrogen-bond acceptors (Lipinski definition) is 0. The Labute approximate surface area is 105 Å². The monoisotopic (exact) mass is 248 g/mol. The second-order valence-corrected chi connectivity index (χ2v) is 4.17. The van der Waals surface area contributed by atoms with Crippen LogP contribution in [0.1, 0.15) is 12.0 Å². The summed E-state index contributed by atoms with van der Waals surface area (Å²) in [5.41, 5.74) is 1.00. The van der Waals surface area contributed by atoms with Crippen LogP contribution in [0.2, 0.25) is 5.02 Å². The van der Waals surface area contributed by atoms with Gasteiger partial charge in [0.1, 0.15) is 0 Å². The van der Waals surface area contributed by atoms with Gasteiger partial charge in [0.25, 0.3) is 0 Å². The van der Waals surface area contributed by atoms with E-state index in [1.54, 1.807) is 0 Å². The van der Waals surface area contributed by atoms with Gasteiger partial charge >= 0.3 is 0 Å². The summed E-state index contributed by atoms with van der Waals surface area (Å²) < 4.78 is 0. The maximum Gasteiger partial charge on any atom is 0.0485 e. The van der Waals surface area contributed by atoms with Crippen molar-refractivity contribution in [2.75, 3.05) is 5.88 Å². The molecule has 0 atom stereocenters. The van der Waals surface area contributed by atoms with E-state index >= 15 is 0 Å². The molecule has 0 radical (unpaired) electrons. The fraction of sp³-hybridized carbons (Fsp3) is 0.143. The van der Waals surface area contributed by atoms with Crippen LogP contribution in [0.5, 0.6) is 0 Å². The van der Waals surface area contributed by atoms with Crippen LogP contribution in [0.3, 0.4) is 0 Å². The molecule has 0 aliphatic carbocycles. The van der Waals surface area contributed by atoms with Crippen molar-refractivity contribution in [1.29, 1.82) is 0 Å². The molecule has 0 saturated heterocycles. The molecule has 0 aliphatic heterocycles. The minimum absolute atomic E-state index is 0.568. The van der Waals surface area contributed by atoms with Crippen LogP contribution in [0, 0.1) is 11.8 Å². The molecule has 0 nitrogen and oxygen atoms in total. The molecule has 0 fully saturated rings. The van der Waals surface area contributed by atoms with Gasteiger partial charge in [0.05, 0.1) is 0 Å². The smallest absolute Gasteiger partial charge is 0.0485 e. The summed E-state index contributed by atoms with van der Waals surface area (Å²) in [6, 6.07) is 11.8. The van der Waals surface area contributed by atoms with Crippen molar-refractivity contribution in [3.63, 3.8) is 0 Å². The zero-order valence-corrected chi connectivity index (χ0v) is 10.1. The minimum atomic E-state index is 0.568. The van der Waals surface area contributed by atoms with Crippen molar-refractivity contribution in [2.24, 2.45) is 0 Å². The summed E-state index contributed by atoms with van der Waals surface area (Å²) in [4.78, 5) is 0. The number of alkyl halides is 1. The van der Waals surface area contributed by atoms with Gasteiger partial charge in [0.2, 0.25) is 0 Å². The lowest BCUT2D eigenvalue weighted by Crippen LogP contribution is -1.81. The van der Waals surface area contributed by atoms with Crippen molar-refractivity contribution in [1.82, 2.24) is 0 Å². The lowest BCUT2D eigenvalue weighted by Gasteiger charge is -2.02. The highest BCUT2D eigenvalue weighted by atomic mass is 35.5. The van der Waals surface area contributed by atoms with E-state index in [1.807, 2.05) is 36.4 Å². The van der Waals surface area contributed by atoms with Gasteiger partial charge in [0.15, 0.2) is 0 Å². The molecular formula is C14H10Cl2. The van der Waals surface area contributed by atoms with E-state index in [1.165, 1.54) is 0 Å². The van der Waals surface area contributed by atoms with Crippen molar-refractivity contribution in [2.45, 2.75) is 6.42 Å². The normalized spacial score (nSPS) is 9.88. The second kappa shape index (κ2) is 5.25. The predicted octanol–water partition coefficient (Wildman–Crippen LogP) is 4.47. The first kappa shape index (κ1) is 11.3. The Bertz CT molecular complexity index is 562.